The summed E-state index contributed by atoms with van der Waals surface area (Å²) < 4.78 is 38.6. The molecule has 2 heterocycles. The Kier molecular flexibility index (Phi) is 2.70. The molecule has 1 N–H and O–H groups in total. The Morgan fingerprint density at radius 3 is 2.59 bits per heavy atom. The van der Waals surface area contributed by atoms with Crippen LogP contribution in [0.25, 0.3) is 0 Å². The zero-order valence-corrected chi connectivity index (χ0v) is 10.2. The summed E-state index contributed by atoms with van der Waals surface area (Å²) in [6.45, 7) is 1.79. The highest BCUT2D eigenvalue weighted by atomic mass is 32.1. The van der Waals surface area contributed by atoms with Gasteiger partial charge in [0.05, 0.1) is 5.92 Å². The molecule has 5 heteroatoms. The largest absolute Gasteiger partial charge is 0.396 e. The van der Waals surface area contributed by atoms with E-state index in [1.54, 1.807) is 0 Å². The second-order valence-electron chi connectivity index (χ2n) is 4.73. The van der Waals surface area contributed by atoms with Gasteiger partial charge in [-0.15, -0.1) is 11.3 Å². The average molecular weight is 261 g/mol. The lowest BCUT2D eigenvalue weighted by atomic mass is 10.1. The summed E-state index contributed by atoms with van der Waals surface area (Å²) in [5, 5.41) is 3.30. The van der Waals surface area contributed by atoms with Crippen LogP contribution >= 0.6 is 11.3 Å². The molecule has 0 unspecified atom stereocenters. The number of hydrogen-bond donors (Lipinski definition) is 1. The van der Waals surface area contributed by atoms with Crippen LogP contribution in [0.1, 0.15) is 33.2 Å². The van der Waals surface area contributed by atoms with Gasteiger partial charge in [0.25, 0.3) is 0 Å². The quantitative estimate of drug-likeness (QED) is 0.757. The van der Waals surface area contributed by atoms with Crippen LogP contribution in [0.15, 0.2) is 0 Å². The van der Waals surface area contributed by atoms with Crippen LogP contribution in [0, 0.1) is 0 Å². The monoisotopic (exact) mass is 261 g/mol. The Morgan fingerprint density at radius 2 is 1.82 bits per heavy atom. The summed E-state index contributed by atoms with van der Waals surface area (Å²) in [5.41, 5.74) is 2.25. The van der Waals surface area contributed by atoms with Crippen molar-refractivity contribution < 1.29 is 13.2 Å². The molecule has 1 aliphatic carbocycles. The summed E-state index contributed by atoms with van der Waals surface area (Å²) in [7, 11) is 0. The SMILES string of the molecule is FC(F)(F)[C@@H]1CCc2c1sc1c2CCNCC1. The van der Waals surface area contributed by atoms with Crippen LogP contribution in [0.4, 0.5) is 13.2 Å². The minimum absolute atomic E-state index is 0.255. The van der Waals surface area contributed by atoms with Crippen molar-refractivity contribution >= 4 is 11.3 Å². The Labute approximate surface area is 102 Å². The van der Waals surface area contributed by atoms with E-state index in [0.29, 0.717) is 11.3 Å². The summed E-state index contributed by atoms with van der Waals surface area (Å²) in [6, 6.07) is 0. The van der Waals surface area contributed by atoms with Crippen LogP contribution in [0.5, 0.6) is 0 Å². The molecule has 3 rings (SSSR count). The fourth-order valence-electron chi connectivity index (χ4n) is 2.89. The summed E-state index contributed by atoms with van der Waals surface area (Å²) in [6.07, 6.45) is -1.41. The minimum Gasteiger partial charge on any atom is -0.316 e. The molecule has 0 spiro atoms. The molecule has 0 saturated carbocycles. The zero-order valence-electron chi connectivity index (χ0n) is 9.36. The molecule has 0 fully saturated rings. The van der Waals surface area contributed by atoms with Gasteiger partial charge in [0.1, 0.15) is 0 Å². The molecule has 2 aliphatic rings. The van der Waals surface area contributed by atoms with E-state index in [-0.39, 0.29) is 6.42 Å². The topological polar surface area (TPSA) is 12.0 Å². The highest BCUT2D eigenvalue weighted by Crippen LogP contribution is 2.49. The van der Waals surface area contributed by atoms with Gasteiger partial charge >= 0.3 is 6.18 Å². The highest BCUT2D eigenvalue weighted by Gasteiger charge is 2.46. The van der Waals surface area contributed by atoms with E-state index in [2.05, 4.69) is 5.32 Å². The van der Waals surface area contributed by atoms with Gasteiger partial charge in [0.2, 0.25) is 0 Å². The lowest BCUT2D eigenvalue weighted by molar-refractivity contribution is -0.149. The molecule has 0 radical (unpaired) electrons. The molecule has 0 amide bonds. The maximum absolute atomic E-state index is 12.9. The summed E-state index contributed by atoms with van der Waals surface area (Å²) >= 11 is 1.41. The molecule has 1 aromatic rings. The molecule has 94 valence electrons. The van der Waals surface area contributed by atoms with Gasteiger partial charge in [-0.1, -0.05) is 0 Å². The van der Waals surface area contributed by atoms with Crippen molar-refractivity contribution in [2.24, 2.45) is 0 Å². The number of halogens is 3. The molecule has 17 heavy (non-hydrogen) atoms. The number of alkyl halides is 3. The predicted octanol–water partition coefficient (Wildman–Crippen LogP) is 3.03. The van der Waals surface area contributed by atoms with Gasteiger partial charge in [-0.2, -0.15) is 13.2 Å². The maximum atomic E-state index is 12.9. The molecule has 0 saturated heterocycles. The first-order valence-corrected chi connectivity index (χ1v) is 6.80. The van der Waals surface area contributed by atoms with Crippen LogP contribution < -0.4 is 5.32 Å². The smallest absolute Gasteiger partial charge is 0.316 e. The number of thiophene rings is 1. The van der Waals surface area contributed by atoms with Crippen molar-refractivity contribution in [2.75, 3.05) is 13.1 Å². The second-order valence-corrected chi connectivity index (χ2v) is 5.87. The summed E-state index contributed by atoms with van der Waals surface area (Å²) in [5.74, 6) is -1.19. The van der Waals surface area contributed by atoms with Crippen molar-refractivity contribution in [1.29, 1.82) is 0 Å². The average Bonchev–Trinajstić information content (AvgIpc) is 2.69. The molecule has 1 atom stereocenters. The Bertz CT molecular complexity index is 436. The van der Waals surface area contributed by atoms with Crippen molar-refractivity contribution in [2.45, 2.75) is 37.8 Å². The Balaban J connectivity index is 2.01. The van der Waals surface area contributed by atoms with Crippen molar-refractivity contribution in [3.8, 4) is 0 Å². The van der Waals surface area contributed by atoms with Gasteiger partial charge in [0, 0.05) is 9.75 Å². The fraction of sp³-hybridized carbons (Fsp3) is 0.667. The second kappa shape index (κ2) is 3.99. The van der Waals surface area contributed by atoms with E-state index < -0.39 is 12.1 Å². The van der Waals surface area contributed by atoms with Gasteiger partial charge in [-0.05, 0) is 49.9 Å². The Hall–Kier alpha value is -0.550. The van der Waals surface area contributed by atoms with Crippen molar-refractivity contribution in [1.82, 2.24) is 5.32 Å². The standard InChI is InChI=1S/C12H14F3NS/c13-12(14,15)9-2-1-8-7-3-5-16-6-4-10(7)17-11(8)9/h9,16H,1-6H2/t9-/m1/s1. The number of hydrogen-bond acceptors (Lipinski definition) is 2. The van der Waals surface area contributed by atoms with Crippen molar-refractivity contribution in [3.63, 3.8) is 0 Å². The van der Waals surface area contributed by atoms with Crippen LogP contribution in [0.3, 0.4) is 0 Å². The maximum Gasteiger partial charge on any atom is 0.396 e. The third-order valence-corrected chi connectivity index (χ3v) is 5.15. The summed E-state index contributed by atoms with van der Waals surface area (Å²) in [4.78, 5) is 1.80. The fourth-order valence-corrected chi connectivity index (χ4v) is 4.45. The van der Waals surface area contributed by atoms with Crippen molar-refractivity contribution in [3.05, 3.63) is 20.9 Å². The van der Waals surface area contributed by atoms with Crippen LogP contribution in [0.2, 0.25) is 0 Å². The first kappa shape index (κ1) is 11.5. The lowest BCUT2D eigenvalue weighted by Gasteiger charge is -2.13. The Morgan fingerprint density at radius 1 is 1.06 bits per heavy atom. The van der Waals surface area contributed by atoms with E-state index >= 15 is 0 Å². The number of fused-ring (bicyclic) bond motifs is 3. The van der Waals surface area contributed by atoms with E-state index in [1.165, 1.54) is 21.8 Å². The molecule has 1 aliphatic heterocycles. The van der Waals surface area contributed by atoms with E-state index in [1.807, 2.05) is 0 Å². The van der Waals surface area contributed by atoms with Crippen LogP contribution in [-0.2, 0) is 19.3 Å². The van der Waals surface area contributed by atoms with Gasteiger partial charge < -0.3 is 5.32 Å². The normalized spacial score (nSPS) is 24.3. The van der Waals surface area contributed by atoms with E-state index in [4.69, 9.17) is 0 Å². The minimum atomic E-state index is -4.06. The molecular weight excluding hydrogens is 247 g/mol. The third kappa shape index (κ3) is 1.89. The molecule has 0 bridgehead atoms. The van der Waals surface area contributed by atoms with Gasteiger partial charge in [-0.25, -0.2) is 0 Å². The van der Waals surface area contributed by atoms with E-state index in [9.17, 15) is 13.2 Å². The van der Waals surface area contributed by atoms with Crippen LogP contribution in [-0.4, -0.2) is 19.3 Å². The zero-order chi connectivity index (χ0) is 12.0. The highest BCUT2D eigenvalue weighted by molar-refractivity contribution is 7.12. The van der Waals surface area contributed by atoms with E-state index in [0.717, 1.165) is 31.5 Å². The van der Waals surface area contributed by atoms with Gasteiger partial charge in [0.15, 0.2) is 0 Å². The molecular formula is C12H14F3NS. The predicted molar refractivity (Wildman–Crippen MR) is 61.7 cm³/mol. The molecule has 1 aromatic heterocycles. The number of nitrogens with one attached hydrogen (secondary N) is 1. The first-order valence-electron chi connectivity index (χ1n) is 5.98. The molecule has 1 nitrogen and oxygen atoms in total. The number of rotatable bonds is 0. The molecule has 0 aromatic carbocycles. The van der Waals surface area contributed by atoms with Gasteiger partial charge in [-0.3, -0.25) is 0 Å². The third-order valence-electron chi connectivity index (χ3n) is 3.71. The lowest BCUT2D eigenvalue weighted by Crippen LogP contribution is -2.18. The first-order chi connectivity index (χ1) is 8.07.